The van der Waals surface area contributed by atoms with Crippen molar-refractivity contribution in [3.05, 3.63) is 0 Å². The standard InChI is InChI=1S/4C4H9.6ClH.Sn.W/c4*1-3-4-2;;;;;;;;/h4*1,3-4H2,2H3;6*1H;;/q;;;;;;;;;;;+6/p-6. The van der Waals surface area contributed by atoms with Gasteiger partial charge >= 0.3 is 179 Å². The van der Waals surface area contributed by atoms with Crippen LogP contribution in [-0.2, 0) is 7.31 Å². The van der Waals surface area contributed by atoms with Crippen LogP contribution in [-0.4, -0.2) is 18.4 Å². The molecule has 0 bridgehead atoms. The minimum atomic E-state index is -5.47. The molecule has 0 rings (SSSR count). The van der Waals surface area contributed by atoms with Gasteiger partial charge in [-0.2, -0.15) is 0 Å². The maximum atomic E-state index is 5.07. The molecule has 0 radical (unpaired) electrons. The Morgan fingerprint density at radius 2 is 0.667 bits per heavy atom. The van der Waals surface area contributed by atoms with Gasteiger partial charge in [0.1, 0.15) is 0 Å². The van der Waals surface area contributed by atoms with Crippen molar-refractivity contribution in [1.29, 1.82) is 0 Å². The Balaban J connectivity index is 0. The van der Waals surface area contributed by atoms with Crippen molar-refractivity contribution >= 4 is 74.9 Å². The fourth-order valence-corrected chi connectivity index (χ4v) is 19.8. The summed E-state index contributed by atoms with van der Waals surface area (Å²) in [5.41, 5.74) is 0. The fraction of sp³-hybridized carbons (Fsp3) is 1.00. The van der Waals surface area contributed by atoms with Gasteiger partial charge in [0.2, 0.25) is 0 Å². The van der Waals surface area contributed by atoms with Crippen LogP contribution in [0.15, 0.2) is 0 Å². The molecule has 0 saturated carbocycles. The predicted octanol–water partition coefficient (Wildman–Crippen LogP) is 10.8. The zero-order chi connectivity index (χ0) is 19.4. The van der Waals surface area contributed by atoms with E-state index in [2.05, 4.69) is 27.7 Å². The normalized spacial score (nSPS) is 15.2. The van der Waals surface area contributed by atoms with Crippen LogP contribution >= 0.6 is 56.5 Å². The molecule has 0 heterocycles. The summed E-state index contributed by atoms with van der Waals surface area (Å²) in [6.45, 7) is 9.48. The van der Waals surface area contributed by atoms with E-state index in [4.69, 9.17) is 56.5 Å². The molecule has 0 unspecified atom stereocenters. The van der Waals surface area contributed by atoms with Gasteiger partial charge in [0, 0.05) is 0 Å². The van der Waals surface area contributed by atoms with E-state index >= 15 is 0 Å². The Morgan fingerprint density at radius 3 is 0.792 bits per heavy atom. The number of unbranched alkanes of at least 4 members (excludes halogenated alkanes) is 4. The van der Waals surface area contributed by atoms with E-state index in [-0.39, 0.29) is 0 Å². The number of halogens is 6. The molecule has 8 heteroatoms. The van der Waals surface area contributed by atoms with Gasteiger partial charge < -0.3 is 0 Å². The van der Waals surface area contributed by atoms with Gasteiger partial charge in [-0.1, -0.05) is 0 Å². The van der Waals surface area contributed by atoms with E-state index in [1.54, 1.807) is 17.7 Å². The van der Waals surface area contributed by atoms with Gasteiger partial charge in [-0.25, -0.2) is 0 Å². The van der Waals surface area contributed by atoms with Crippen molar-refractivity contribution in [2.24, 2.45) is 0 Å². The predicted molar refractivity (Wildman–Crippen MR) is 120 cm³/mol. The SMILES string of the molecule is CCC[CH2][Sn]([CH2]CCC)([CH2]CCC)[CH2]CCC.[Cl][W]([Cl])([Cl])([Cl])([Cl])[Cl]. The summed E-state index contributed by atoms with van der Waals surface area (Å²) in [4.78, 5) is 0. The fourth-order valence-electron chi connectivity index (χ4n) is 2.96. The second kappa shape index (κ2) is 12.7. The summed E-state index contributed by atoms with van der Waals surface area (Å²) in [7, 11) is 24.9. The van der Waals surface area contributed by atoms with Gasteiger partial charge in [-0.05, 0) is 0 Å². The van der Waals surface area contributed by atoms with Gasteiger partial charge in [-0.3, -0.25) is 0 Å². The quantitative estimate of drug-likeness (QED) is 0.175. The molecule has 0 aliphatic heterocycles. The van der Waals surface area contributed by atoms with Gasteiger partial charge in [-0.15, -0.1) is 0 Å². The average Bonchev–Trinajstić information content (AvgIpc) is 2.42. The van der Waals surface area contributed by atoms with E-state index in [1.807, 2.05) is 0 Å². The molecule has 0 aromatic heterocycles. The van der Waals surface area contributed by atoms with Crippen LogP contribution in [0.4, 0.5) is 0 Å². The molecule has 0 aromatic rings. The molecule has 24 heavy (non-hydrogen) atoms. The topological polar surface area (TPSA) is 0 Å². The second-order valence-electron chi connectivity index (χ2n) is 6.79. The van der Waals surface area contributed by atoms with Crippen LogP contribution in [0.1, 0.15) is 79.1 Å². The molecular weight excluding hydrogens is 707 g/mol. The summed E-state index contributed by atoms with van der Waals surface area (Å²) in [6.07, 6.45) is 11.8. The van der Waals surface area contributed by atoms with E-state index in [0.29, 0.717) is 0 Å². The number of hydrogen-bond acceptors (Lipinski definition) is 0. The first-order valence-electron chi connectivity index (χ1n) is 9.17. The molecule has 152 valence electrons. The summed E-state index contributed by atoms with van der Waals surface area (Å²) in [5, 5.41) is 0. The third-order valence-electron chi connectivity index (χ3n) is 4.24. The summed E-state index contributed by atoms with van der Waals surface area (Å²) in [6, 6.07) is 0. The zero-order valence-corrected chi connectivity index (χ0v) is 26.0. The monoisotopic (exact) mass is 742 g/mol. The van der Waals surface area contributed by atoms with Crippen molar-refractivity contribution in [3.8, 4) is 0 Å². The minimum absolute atomic E-state index is 1.42. The summed E-state index contributed by atoms with van der Waals surface area (Å²) < 4.78 is 6.80. The van der Waals surface area contributed by atoms with Crippen LogP contribution in [0.3, 0.4) is 0 Å². The van der Waals surface area contributed by atoms with Gasteiger partial charge in [0.05, 0.1) is 0 Å². The van der Waals surface area contributed by atoms with Crippen LogP contribution in [0, 0.1) is 0 Å². The van der Waals surface area contributed by atoms with Crippen molar-refractivity contribution in [2.45, 2.75) is 96.8 Å². The van der Waals surface area contributed by atoms with Crippen LogP contribution in [0.5, 0.6) is 0 Å². The van der Waals surface area contributed by atoms with E-state index < -0.39 is 25.7 Å². The molecule has 0 aliphatic rings. The van der Waals surface area contributed by atoms with Crippen molar-refractivity contribution in [3.63, 3.8) is 0 Å². The number of hydrogen-bond donors (Lipinski definition) is 0. The molecule has 0 amide bonds. The zero-order valence-electron chi connectivity index (χ0n) is 15.7. The Kier molecular flexibility index (Phi) is 15.6. The first-order valence-corrected chi connectivity index (χ1v) is 39.0. The summed E-state index contributed by atoms with van der Waals surface area (Å²) >= 11 is -1.69. The average molecular weight is 744 g/mol. The number of rotatable bonds is 12. The Bertz CT molecular complexity index is 265. The van der Waals surface area contributed by atoms with E-state index in [0.717, 1.165) is 0 Å². The molecule has 0 aromatic carbocycles. The molecule has 0 spiro atoms. The molecule has 0 nitrogen and oxygen atoms in total. The molecule has 0 N–H and O–H groups in total. The third-order valence-corrected chi connectivity index (χ3v) is 20.4. The van der Waals surface area contributed by atoms with Crippen LogP contribution in [0.2, 0.25) is 17.7 Å². The molecule has 0 saturated heterocycles. The Labute approximate surface area is 176 Å². The van der Waals surface area contributed by atoms with Crippen molar-refractivity contribution in [2.75, 3.05) is 0 Å². The first-order chi connectivity index (χ1) is 10.7. The first kappa shape index (κ1) is 29.4. The van der Waals surface area contributed by atoms with Crippen LogP contribution < -0.4 is 0 Å². The Hall–Kier alpha value is 3.23. The molecule has 0 aliphatic carbocycles. The third kappa shape index (κ3) is 27.4. The molecule has 0 atom stereocenters. The van der Waals surface area contributed by atoms with E-state index in [9.17, 15) is 0 Å². The van der Waals surface area contributed by atoms with Gasteiger partial charge in [0.15, 0.2) is 0 Å². The second-order valence-corrected chi connectivity index (χ2v) is 84.6. The Morgan fingerprint density at radius 1 is 0.500 bits per heavy atom. The maximum absolute atomic E-state index is 5.47. The van der Waals surface area contributed by atoms with Crippen molar-refractivity contribution < 1.29 is 7.31 Å². The molecular formula is C16H36Cl6SnW. The van der Waals surface area contributed by atoms with Crippen molar-refractivity contribution in [1.82, 2.24) is 0 Å². The van der Waals surface area contributed by atoms with E-state index in [1.165, 1.54) is 51.4 Å². The summed E-state index contributed by atoms with van der Waals surface area (Å²) in [5.74, 6) is 0. The van der Waals surface area contributed by atoms with Gasteiger partial charge in [0.25, 0.3) is 0 Å². The van der Waals surface area contributed by atoms with Crippen LogP contribution in [0.25, 0.3) is 0 Å². The molecule has 0 fully saturated rings.